The maximum atomic E-state index is 13.9. The van der Waals surface area contributed by atoms with Gasteiger partial charge in [0, 0.05) is 36.0 Å². The van der Waals surface area contributed by atoms with E-state index in [0.29, 0.717) is 54.5 Å². The molecule has 2 heterocycles. The largest absolute Gasteiger partial charge is 0.487 e. The molecule has 0 saturated carbocycles. The molecular formula is C29H35FN4O4. The van der Waals surface area contributed by atoms with Gasteiger partial charge in [-0.25, -0.2) is 4.39 Å². The lowest BCUT2D eigenvalue weighted by Crippen LogP contribution is -2.33. The number of anilines is 1. The number of carbonyl (C=O) groups is 2. The molecule has 2 unspecified atom stereocenters. The molecule has 0 radical (unpaired) electrons. The number of nitrogens with two attached hydrogens (primary N) is 1. The summed E-state index contributed by atoms with van der Waals surface area (Å²) in [7, 11) is 1.61. The highest BCUT2D eigenvalue weighted by molar-refractivity contribution is 6.36. The quantitative estimate of drug-likeness (QED) is 0.149. The van der Waals surface area contributed by atoms with Crippen LogP contribution in [0.2, 0.25) is 0 Å². The normalized spacial score (nSPS) is 17.9. The molecule has 2 aliphatic rings. The number of amides is 1. The number of hydrogen-bond donors (Lipinski definition) is 4. The Morgan fingerprint density at radius 1 is 1.21 bits per heavy atom. The first-order chi connectivity index (χ1) is 18.3. The fraction of sp³-hybridized carbons (Fsp3) is 0.414. The number of nitrogens with zero attached hydrogens (tertiary/aromatic N) is 1. The minimum absolute atomic E-state index is 0.0973. The Bertz CT molecular complexity index is 1270. The van der Waals surface area contributed by atoms with Gasteiger partial charge in [0.05, 0.1) is 11.5 Å². The van der Waals surface area contributed by atoms with E-state index in [1.54, 1.807) is 13.1 Å². The Labute approximate surface area is 222 Å². The van der Waals surface area contributed by atoms with Crippen molar-refractivity contribution in [1.29, 1.82) is 0 Å². The summed E-state index contributed by atoms with van der Waals surface area (Å²) in [5.74, 6) is -0.915. The summed E-state index contributed by atoms with van der Waals surface area (Å²) >= 11 is 0. The number of aryl methyl sites for hydroxylation is 1. The van der Waals surface area contributed by atoms with Crippen LogP contribution in [0.3, 0.4) is 0 Å². The summed E-state index contributed by atoms with van der Waals surface area (Å²) in [5.41, 5.74) is 10.1. The summed E-state index contributed by atoms with van der Waals surface area (Å²) in [6.07, 6.45) is 4.63. The number of rotatable bonds is 11. The lowest BCUT2D eigenvalue weighted by Gasteiger charge is -2.23. The molecule has 0 aliphatic carbocycles. The predicted molar refractivity (Wildman–Crippen MR) is 146 cm³/mol. The Morgan fingerprint density at radius 3 is 2.76 bits per heavy atom. The van der Waals surface area contributed by atoms with Gasteiger partial charge in [-0.1, -0.05) is 31.5 Å². The third-order valence-corrected chi connectivity index (χ3v) is 7.43. The van der Waals surface area contributed by atoms with Crippen molar-refractivity contribution in [3.05, 3.63) is 64.5 Å². The van der Waals surface area contributed by atoms with Crippen LogP contribution in [0.1, 0.15) is 61.3 Å². The van der Waals surface area contributed by atoms with Gasteiger partial charge in [0.2, 0.25) is 0 Å². The van der Waals surface area contributed by atoms with Crippen LogP contribution in [0.25, 0.3) is 11.3 Å². The Morgan fingerprint density at radius 2 is 2.03 bits per heavy atom. The summed E-state index contributed by atoms with van der Waals surface area (Å²) in [6, 6.07) is 10.3. The number of aliphatic imine (C=N–C) groups is 1. The number of fused-ring (bicyclic) bond motifs is 2. The second-order valence-electron chi connectivity index (χ2n) is 9.81. The molecule has 0 spiro atoms. The number of carbonyl (C=O) groups excluding carboxylic acids is 1. The molecule has 202 valence electrons. The maximum Gasteiger partial charge on any atom is 0.306 e. The minimum atomic E-state index is -0.748. The van der Waals surface area contributed by atoms with Crippen molar-refractivity contribution in [2.45, 2.75) is 52.1 Å². The zero-order chi connectivity index (χ0) is 27.2. The number of ether oxygens (including phenoxy) is 1. The average Bonchev–Trinajstić information content (AvgIpc) is 3.45. The first-order valence-corrected chi connectivity index (χ1v) is 13.1. The van der Waals surface area contributed by atoms with Crippen LogP contribution in [0, 0.1) is 17.7 Å². The van der Waals surface area contributed by atoms with Crippen molar-refractivity contribution in [2.75, 3.05) is 18.9 Å². The van der Waals surface area contributed by atoms with Gasteiger partial charge in [-0.3, -0.25) is 14.6 Å². The number of nitrogens with one attached hydrogen (secondary N) is 2. The van der Waals surface area contributed by atoms with Gasteiger partial charge < -0.3 is 26.2 Å². The molecule has 0 saturated heterocycles. The van der Waals surface area contributed by atoms with E-state index in [1.165, 1.54) is 12.1 Å². The van der Waals surface area contributed by atoms with Crippen LogP contribution in [0.15, 0.2) is 41.4 Å². The molecule has 8 nitrogen and oxygen atoms in total. The van der Waals surface area contributed by atoms with E-state index in [0.717, 1.165) is 42.4 Å². The van der Waals surface area contributed by atoms with Crippen molar-refractivity contribution >= 4 is 34.9 Å². The topological polar surface area (TPSA) is 126 Å². The first kappa shape index (κ1) is 27.2. The molecule has 2 aliphatic heterocycles. The Hall–Kier alpha value is -3.88. The summed E-state index contributed by atoms with van der Waals surface area (Å²) in [4.78, 5) is 28.5. The lowest BCUT2D eigenvalue weighted by molar-refractivity contribution is -0.144. The molecule has 0 aromatic heterocycles. The molecule has 4 rings (SSSR count). The van der Waals surface area contributed by atoms with E-state index in [9.17, 15) is 19.1 Å². The van der Waals surface area contributed by atoms with E-state index in [1.807, 2.05) is 19.1 Å². The van der Waals surface area contributed by atoms with Gasteiger partial charge in [-0.15, -0.1) is 0 Å². The van der Waals surface area contributed by atoms with Crippen molar-refractivity contribution in [2.24, 2.45) is 22.6 Å². The van der Waals surface area contributed by atoms with Gasteiger partial charge in [0.25, 0.3) is 5.91 Å². The van der Waals surface area contributed by atoms with Gasteiger partial charge in [-0.2, -0.15) is 0 Å². The fourth-order valence-electron chi connectivity index (χ4n) is 5.38. The van der Waals surface area contributed by atoms with Crippen LogP contribution in [0.5, 0.6) is 0 Å². The second kappa shape index (κ2) is 12.1. The summed E-state index contributed by atoms with van der Waals surface area (Å²) in [6.45, 7) is 2.99. The van der Waals surface area contributed by atoms with Crippen LogP contribution >= 0.6 is 0 Å². The molecule has 0 bridgehead atoms. The molecule has 38 heavy (non-hydrogen) atoms. The van der Waals surface area contributed by atoms with Crippen molar-refractivity contribution in [1.82, 2.24) is 5.32 Å². The zero-order valence-electron chi connectivity index (χ0n) is 21.9. The summed E-state index contributed by atoms with van der Waals surface area (Å²) < 4.78 is 19.8. The molecular weight excluding hydrogens is 487 g/mol. The van der Waals surface area contributed by atoms with Crippen molar-refractivity contribution < 1.29 is 23.8 Å². The monoisotopic (exact) mass is 522 g/mol. The van der Waals surface area contributed by atoms with Gasteiger partial charge in [0.15, 0.2) is 5.96 Å². The number of halogens is 1. The van der Waals surface area contributed by atoms with Crippen LogP contribution in [0.4, 0.5) is 10.1 Å². The standard InChI is InChI=1S/C29H35FN4O4/c1-3-18(22(28(36)37)8-5-13-33-29(31)32-2)7-4-6-17-9-11-21-19(14-17)16-38-26(21)25-23-15-20(30)10-12-24(23)34-27(25)35/h9-12,14-15,18,22H,3-8,13,16H2,1-2H3,(H,34,35)(H,36,37)(H3,31,32,33). The first-order valence-electron chi connectivity index (χ1n) is 13.1. The predicted octanol–water partition coefficient (Wildman–Crippen LogP) is 4.54. The van der Waals surface area contributed by atoms with Crippen molar-refractivity contribution in [3.8, 4) is 0 Å². The fourth-order valence-corrected chi connectivity index (χ4v) is 5.38. The minimum Gasteiger partial charge on any atom is -0.487 e. The Kier molecular flexibility index (Phi) is 8.66. The average molecular weight is 523 g/mol. The number of benzene rings is 2. The third-order valence-electron chi connectivity index (χ3n) is 7.43. The number of guanidine groups is 1. The number of carboxylic acids is 1. The van der Waals surface area contributed by atoms with Crippen LogP contribution < -0.4 is 16.4 Å². The lowest BCUT2D eigenvalue weighted by atomic mass is 9.82. The van der Waals surface area contributed by atoms with E-state index in [-0.39, 0.29) is 11.8 Å². The molecule has 2 aromatic rings. The Balaban J connectivity index is 1.39. The third kappa shape index (κ3) is 5.98. The van der Waals surface area contributed by atoms with E-state index < -0.39 is 17.7 Å². The SMILES string of the molecule is CCC(CCCc1ccc2c(c1)COC2=C1C(=O)Nc2ccc(F)cc21)C(CCCNC(N)=NC)C(=O)O. The zero-order valence-corrected chi connectivity index (χ0v) is 21.9. The van der Waals surface area contributed by atoms with E-state index in [2.05, 4.69) is 21.7 Å². The molecule has 2 atom stereocenters. The van der Waals surface area contributed by atoms with Crippen LogP contribution in [-0.4, -0.2) is 36.5 Å². The smallest absolute Gasteiger partial charge is 0.306 e. The highest BCUT2D eigenvalue weighted by Gasteiger charge is 2.33. The summed E-state index contributed by atoms with van der Waals surface area (Å²) in [5, 5.41) is 15.6. The van der Waals surface area contributed by atoms with Gasteiger partial charge >= 0.3 is 5.97 Å². The highest BCUT2D eigenvalue weighted by atomic mass is 19.1. The molecule has 9 heteroatoms. The molecule has 5 N–H and O–H groups in total. The second-order valence-corrected chi connectivity index (χ2v) is 9.81. The molecule has 2 aromatic carbocycles. The molecule has 0 fully saturated rings. The van der Waals surface area contributed by atoms with Gasteiger partial charge in [-0.05, 0) is 61.8 Å². The number of carboxylic acid groups (broad SMARTS) is 1. The number of aliphatic carboxylic acids is 1. The highest BCUT2D eigenvalue weighted by Crippen LogP contribution is 2.42. The maximum absolute atomic E-state index is 13.9. The van der Waals surface area contributed by atoms with E-state index in [4.69, 9.17) is 10.5 Å². The molecule has 1 amide bonds. The van der Waals surface area contributed by atoms with Crippen LogP contribution in [-0.2, 0) is 27.4 Å². The van der Waals surface area contributed by atoms with Gasteiger partial charge in [0.1, 0.15) is 18.2 Å². The van der Waals surface area contributed by atoms with Crippen molar-refractivity contribution in [3.63, 3.8) is 0 Å². The number of hydrogen-bond acceptors (Lipinski definition) is 4. The van der Waals surface area contributed by atoms with E-state index >= 15 is 0 Å².